The van der Waals surface area contributed by atoms with E-state index in [-0.39, 0.29) is 35.6 Å². The second-order valence-electron chi connectivity index (χ2n) is 10.9. The second kappa shape index (κ2) is 15.4. The van der Waals surface area contributed by atoms with Gasteiger partial charge in [0.15, 0.2) is 0 Å². The highest BCUT2D eigenvalue weighted by Gasteiger charge is 2.30. The molecule has 6 nitrogen and oxygen atoms in total. The molecule has 210 valence electrons. The molecule has 0 unspecified atom stereocenters. The quantitative estimate of drug-likeness (QED) is 0.239. The molecule has 0 fully saturated rings. The lowest BCUT2D eigenvalue weighted by molar-refractivity contribution is -0.133. The smallest absolute Gasteiger partial charge is 0.243 e. The molecule has 6 heteroatoms. The predicted octanol–water partition coefficient (Wildman–Crippen LogP) is 5.58. The third kappa shape index (κ3) is 9.19. The number of fused-ring (bicyclic) bond motifs is 1. The van der Waals surface area contributed by atoms with Crippen molar-refractivity contribution >= 4 is 22.6 Å². The van der Waals surface area contributed by atoms with Crippen molar-refractivity contribution in [2.24, 2.45) is 23.5 Å². The molecule has 39 heavy (non-hydrogen) atoms. The molecule has 4 N–H and O–H groups in total. The second-order valence-corrected chi connectivity index (χ2v) is 10.9. The number of hydrogen-bond acceptors (Lipinski definition) is 4. The average Bonchev–Trinajstić information content (AvgIpc) is 2.94. The van der Waals surface area contributed by atoms with Crippen molar-refractivity contribution in [3.05, 3.63) is 83.9 Å². The molecule has 0 bridgehead atoms. The van der Waals surface area contributed by atoms with Gasteiger partial charge in [0.25, 0.3) is 0 Å². The summed E-state index contributed by atoms with van der Waals surface area (Å²) in [5, 5.41) is 8.44. The molecule has 0 saturated heterocycles. The number of nitrogens with one attached hydrogen (secondary N) is 2. The Balaban J connectivity index is 1.51. The van der Waals surface area contributed by atoms with E-state index in [1.807, 2.05) is 76.2 Å². The van der Waals surface area contributed by atoms with Gasteiger partial charge >= 0.3 is 0 Å². The molecule has 0 aromatic heterocycles. The highest BCUT2D eigenvalue weighted by atomic mass is 16.5. The standard InChI is InChI=1S/C33H45N3O3/c1-5-24(4)31(33(38)35-20-25-12-7-6-8-13-25)36-32(37)29(23(2)3)19-18-28(34)22-39-21-27-16-11-15-26-14-9-10-17-30(26)27/h6-17,23-24,28-29,31H,5,18-22,34H2,1-4H3,(H,35,38)(H,36,37)/t24-,28+,29-,31-/m0/s1. The minimum absolute atomic E-state index is 0.0160. The lowest BCUT2D eigenvalue weighted by Crippen LogP contribution is -2.52. The topological polar surface area (TPSA) is 93.5 Å². The molecule has 0 saturated carbocycles. The van der Waals surface area contributed by atoms with Crippen molar-refractivity contribution in [1.82, 2.24) is 10.6 Å². The van der Waals surface area contributed by atoms with Crippen LogP contribution in [0.4, 0.5) is 0 Å². The Morgan fingerprint density at radius 1 is 0.872 bits per heavy atom. The van der Waals surface area contributed by atoms with E-state index in [0.717, 1.165) is 17.5 Å². The summed E-state index contributed by atoms with van der Waals surface area (Å²) in [5.74, 6) is -0.333. The van der Waals surface area contributed by atoms with Crippen molar-refractivity contribution < 1.29 is 14.3 Å². The molecule has 0 radical (unpaired) electrons. The van der Waals surface area contributed by atoms with Gasteiger partial charge in [-0.15, -0.1) is 0 Å². The Hall–Kier alpha value is -3.22. The van der Waals surface area contributed by atoms with Gasteiger partial charge in [0.2, 0.25) is 11.8 Å². The number of benzene rings is 3. The van der Waals surface area contributed by atoms with Crippen LogP contribution in [0.2, 0.25) is 0 Å². The summed E-state index contributed by atoms with van der Waals surface area (Å²) in [6, 6.07) is 23.5. The summed E-state index contributed by atoms with van der Waals surface area (Å²) < 4.78 is 5.97. The number of nitrogens with two attached hydrogens (primary N) is 1. The summed E-state index contributed by atoms with van der Waals surface area (Å²) in [7, 11) is 0. The van der Waals surface area contributed by atoms with Gasteiger partial charge in [-0.2, -0.15) is 0 Å². The Morgan fingerprint density at radius 2 is 1.56 bits per heavy atom. The highest BCUT2D eigenvalue weighted by molar-refractivity contribution is 5.89. The van der Waals surface area contributed by atoms with Crippen LogP contribution in [0.1, 0.15) is 58.1 Å². The van der Waals surface area contributed by atoms with E-state index in [1.54, 1.807) is 0 Å². The van der Waals surface area contributed by atoms with Crippen LogP contribution in [-0.4, -0.2) is 30.5 Å². The van der Waals surface area contributed by atoms with Crippen molar-refractivity contribution in [2.75, 3.05) is 6.61 Å². The van der Waals surface area contributed by atoms with E-state index < -0.39 is 6.04 Å². The first-order valence-corrected chi connectivity index (χ1v) is 14.2. The average molecular weight is 532 g/mol. The van der Waals surface area contributed by atoms with Crippen molar-refractivity contribution in [2.45, 2.75) is 72.2 Å². The fourth-order valence-corrected chi connectivity index (χ4v) is 4.84. The molecule has 0 aliphatic rings. The number of amides is 2. The van der Waals surface area contributed by atoms with E-state index in [0.29, 0.717) is 32.6 Å². The van der Waals surface area contributed by atoms with Crippen LogP contribution in [0.3, 0.4) is 0 Å². The molecule has 4 atom stereocenters. The number of hydrogen-bond donors (Lipinski definition) is 3. The molecule has 2 amide bonds. The fourth-order valence-electron chi connectivity index (χ4n) is 4.84. The van der Waals surface area contributed by atoms with Crippen LogP contribution in [0.15, 0.2) is 72.8 Å². The van der Waals surface area contributed by atoms with E-state index >= 15 is 0 Å². The summed E-state index contributed by atoms with van der Waals surface area (Å²) in [6.07, 6.45) is 2.09. The van der Waals surface area contributed by atoms with Crippen LogP contribution < -0.4 is 16.4 Å². The van der Waals surface area contributed by atoms with E-state index in [1.165, 1.54) is 10.8 Å². The Bertz CT molecular complexity index is 1180. The van der Waals surface area contributed by atoms with Crippen molar-refractivity contribution in [1.29, 1.82) is 0 Å². The maximum absolute atomic E-state index is 13.4. The minimum Gasteiger partial charge on any atom is -0.375 e. The van der Waals surface area contributed by atoms with Gasteiger partial charge in [0.1, 0.15) is 6.04 Å². The maximum atomic E-state index is 13.4. The monoisotopic (exact) mass is 531 g/mol. The van der Waals surface area contributed by atoms with Crippen molar-refractivity contribution in [3.63, 3.8) is 0 Å². The van der Waals surface area contributed by atoms with Crippen LogP contribution >= 0.6 is 0 Å². The molecule has 3 aromatic carbocycles. The zero-order chi connectivity index (χ0) is 28.2. The SMILES string of the molecule is CC[C@H](C)[C@H](NC(=O)[C@@H](CC[C@@H](N)COCc1cccc2ccccc12)C(C)C)C(=O)NCc1ccccc1. The third-order valence-electron chi connectivity index (χ3n) is 7.56. The largest absolute Gasteiger partial charge is 0.375 e. The van der Waals surface area contributed by atoms with Crippen LogP contribution in [-0.2, 0) is 27.5 Å². The first-order valence-electron chi connectivity index (χ1n) is 14.2. The summed E-state index contributed by atoms with van der Waals surface area (Å²) >= 11 is 0. The lowest BCUT2D eigenvalue weighted by atomic mass is 9.88. The molecule has 0 aliphatic carbocycles. The number of rotatable bonds is 15. The van der Waals surface area contributed by atoms with Gasteiger partial charge < -0.3 is 21.1 Å². The molecular weight excluding hydrogens is 486 g/mol. The zero-order valence-corrected chi connectivity index (χ0v) is 23.9. The number of carbonyl (C=O) groups is 2. The number of carbonyl (C=O) groups excluding carboxylic acids is 2. The van der Waals surface area contributed by atoms with E-state index in [9.17, 15) is 9.59 Å². The van der Waals surface area contributed by atoms with Crippen molar-refractivity contribution in [3.8, 4) is 0 Å². The summed E-state index contributed by atoms with van der Waals surface area (Å²) in [5.41, 5.74) is 8.56. The Labute approximate surface area is 233 Å². The Kier molecular flexibility index (Phi) is 12.0. The Morgan fingerprint density at radius 3 is 2.28 bits per heavy atom. The van der Waals surface area contributed by atoms with Crippen LogP contribution in [0.25, 0.3) is 10.8 Å². The first kappa shape index (κ1) is 30.3. The molecule has 3 rings (SSSR count). The predicted molar refractivity (Wildman–Crippen MR) is 159 cm³/mol. The normalized spacial score (nSPS) is 14.5. The van der Waals surface area contributed by atoms with E-state index in [2.05, 4.69) is 34.9 Å². The van der Waals surface area contributed by atoms with Gasteiger partial charge in [-0.25, -0.2) is 0 Å². The fraction of sp³-hybridized carbons (Fsp3) is 0.455. The molecular formula is C33H45N3O3. The van der Waals surface area contributed by atoms with Gasteiger partial charge in [0, 0.05) is 18.5 Å². The molecule has 0 heterocycles. The maximum Gasteiger partial charge on any atom is 0.243 e. The van der Waals surface area contributed by atoms with Gasteiger partial charge in [-0.05, 0) is 46.6 Å². The third-order valence-corrected chi connectivity index (χ3v) is 7.56. The molecule has 0 spiro atoms. The lowest BCUT2D eigenvalue weighted by Gasteiger charge is -2.28. The van der Waals surface area contributed by atoms with Gasteiger partial charge in [0.05, 0.1) is 13.2 Å². The summed E-state index contributed by atoms with van der Waals surface area (Å²) in [6.45, 7) is 9.47. The highest BCUT2D eigenvalue weighted by Crippen LogP contribution is 2.21. The molecule has 0 aliphatic heterocycles. The number of ether oxygens (including phenoxy) is 1. The zero-order valence-electron chi connectivity index (χ0n) is 23.9. The van der Waals surface area contributed by atoms with E-state index in [4.69, 9.17) is 10.5 Å². The molecule has 3 aromatic rings. The first-order chi connectivity index (χ1) is 18.8. The summed E-state index contributed by atoms with van der Waals surface area (Å²) in [4.78, 5) is 26.4. The van der Waals surface area contributed by atoms with Crippen LogP contribution in [0, 0.1) is 17.8 Å². The minimum atomic E-state index is -0.579. The van der Waals surface area contributed by atoms with Gasteiger partial charge in [-0.1, -0.05) is 107 Å². The van der Waals surface area contributed by atoms with Gasteiger partial charge in [-0.3, -0.25) is 9.59 Å². The van der Waals surface area contributed by atoms with Crippen LogP contribution in [0.5, 0.6) is 0 Å².